The molecule has 5 nitrogen and oxygen atoms in total. The first-order valence-electron chi connectivity index (χ1n) is 5.33. The number of hydrogen-bond acceptors (Lipinski definition) is 4. The van der Waals surface area contributed by atoms with E-state index in [1.54, 1.807) is 7.05 Å². The monoisotopic (exact) mass is 217 g/mol. The molecule has 2 unspecified atom stereocenters. The predicted octanol–water partition coefficient (Wildman–Crippen LogP) is 0.245. The molecule has 0 aromatic rings. The van der Waals surface area contributed by atoms with Crippen molar-refractivity contribution in [3.05, 3.63) is 0 Å². The van der Waals surface area contributed by atoms with Crippen molar-refractivity contribution in [1.82, 2.24) is 5.32 Å². The SMILES string of the molecule is CNC(COCC1CCCCO1)C(=O)O. The van der Waals surface area contributed by atoms with E-state index in [0.717, 1.165) is 19.4 Å². The first-order valence-corrected chi connectivity index (χ1v) is 5.33. The van der Waals surface area contributed by atoms with E-state index in [1.807, 2.05) is 0 Å². The molecule has 1 saturated heterocycles. The summed E-state index contributed by atoms with van der Waals surface area (Å²) in [4.78, 5) is 10.6. The lowest BCUT2D eigenvalue weighted by Gasteiger charge is -2.23. The molecule has 0 radical (unpaired) electrons. The fraction of sp³-hybridized carbons (Fsp3) is 0.900. The lowest BCUT2D eigenvalue weighted by Crippen LogP contribution is -2.39. The number of carbonyl (C=O) groups is 1. The van der Waals surface area contributed by atoms with Gasteiger partial charge in [-0.05, 0) is 26.3 Å². The van der Waals surface area contributed by atoms with Gasteiger partial charge in [0.05, 0.1) is 19.3 Å². The Bertz CT molecular complexity index is 192. The van der Waals surface area contributed by atoms with Crippen molar-refractivity contribution in [2.45, 2.75) is 31.4 Å². The van der Waals surface area contributed by atoms with Gasteiger partial charge in [-0.3, -0.25) is 4.79 Å². The van der Waals surface area contributed by atoms with Crippen LogP contribution in [0.4, 0.5) is 0 Å². The van der Waals surface area contributed by atoms with Crippen molar-refractivity contribution in [3.8, 4) is 0 Å². The van der Waals surface area contributed by atoms with Crippen molar-refractivity contribution in [3.63, 3.8) is 0 Å². The maximum absolute atomic E-state index is 10.6. The van der Waals surface area contributed by atoms with E-state index >= 15 is 0 Å². The molecule has 0 aliphatic carbocycles. The molecule has 0 bridgehead atoms. The van der Waals surface area contributed by atoms with Crippen LogP contribution in [0, 0.1) is 0 Å². The molecule has 1 rings (SSSR count). The Morgan fingerprint density at radius 1 is 1.67 bits per heavy atom. The van der Waals surface area contributed by atoms with Gasteiger partial charge in [0.25, 0.3) is 0 Å². The Balaban J connectivity index is 2.11. The molecule has 2 N–H and O–H groups in total. The van der Waals surface area contributed by atoms with Gasteiger partial charge < -0.3 is 19.9 Å². The number of aliphatic carboxylic acids is 1. The van der Waals surface area contributed by atoms with E-state index in [-0.39, 0.29) is 12.7 Å². The third kappa shape index (κ3) is 4.59. The second-order valence-corrected chi connectivity index (χ2v) is 3.71. The average molecular weight is 217 g/mol. The zero-order valence-electron chi connectivity index (χ0n) is 9.07. The predicted molar refractivity (Wildman–Crippen MR) is 54.9 cm³/mol. The van der Waals surface area contributed by atoms with Gasteiger partial charge in [0.2, 0.25) is 0 Å². The molecule has 0 amide bonds. The highest BCUT2D eigenvalue weighted by Gasteiger charge is 2.17. The molecule has 1 aliphatic heterocycles. The molecular formula is C10H19NO4. The van der Waals surface area contributed by atoms with Gasteiger partial charge in [0.1, 0.15) is 6.04 Å². The van der Waals surface area contributed by atoms with Gasteiger partial charge >= 0.3 is 5.97 Å². The zero-order chi connectivity index (χ0) is 11.1. The normalized spacial score (nSPS) is 23.7. The number of nitrogens with one attached hydrogen (secondary N) is 1. The summed E-state index contributed by atoms with van der Waals surface area (Å²) in [7, 11) is 1.61. The van der Waals surface area contributed by atoms with Crippen LogP contribution in [0.25, 0.3) is 0 Å². The number of likely N-dealkylation sites (N-methyl/N-ethyl adjacent to an activating group) is 1. The van der Waals surface area contributed by atoms with Crippen LogP contribution in [0.1, 0.15) is 19.3 Å². The van der Waals surface area contributed by atoms with Crippen molar-refractivity contribution in [2.75, 3.05) is 26.9 Å². The standard InChI is InChI=1S/C10H19NO4/c1-11-9(10(12)13)7-14-6-8-4-2-3-5-15-8/h8-9,11H,2-7H2,1H3,(H,12,13). The molecule has 1 aliphatic rings. The van der Waals surface area contributed by atoms with E-state index < -0.39 is 12.0 Å². The second-order valence-electron chi connectivity index (χ2n) is 3.71. The molecule has 1 heterocycles. The number of carboxylic acid groups (broad SMARTS) is 1. The van der Waals surface area contributed by atoms with E-state index in [1.165, 1.54) is 6.42 Å². The van der Waals surface area contributed by atoms with Gasteiger partial charge in [0.15, 0.2) is 0 Å². The Hall–Kier alpha value is -0.650. The number of ether oxygens (including phenoxy) is 2. The molecule has 15 heavy (non-hydrogen) atoms. The van der Waals surface area contributed by atoms with Crippen LogP contribution in [0.15, 0.2) is 0 Å². The van der Waals surface area contributed by atoms with Crippen molar-refractivity contribution in [1.29, 1.82) is 0 Å². The largest absolute Gasteiger partial charge is 0.480 e. The second kappa shape index (κ2) is 6.76. The van der Waals surface area contributed by atoms with Crippen LogP contribution < -0.4 is 5.32 Å². The minimum Gasteiger partial charge on any atom is -0.480 e. The molecular weight excluding hydrogens is 198 g/mol. The Labute approximate surface area is 89.8 Å². The number of hydrogen-bond donors (Lipinski definition) is 2. The third-order valence-electron chi connectivity index (χ3n) is 2.51. The molecule has 0 aromatic heterocycles. The van der Waals surface area contributed by atoms with E-state index in [0.29, 0.717) is 6.61 Å². The summed E-state index contributed by atoms with van der Waals surface area (Å²) in [6.07, 6.45) is 3.44. The number of carboxylic acids is 1. The average Bonchev–Trinajstić information content (AvgIpc) is 2.25. The van der Waals surface area contributed by atoms with Crippen LogP contribution in [0.3, 0.4) is 0 Å². The summed E-state index contributed by atoms with van der Waals surface area (Å²) in [6.45, 7) is 1.47. The summed E-state index contributed by atoms with van der Waals surface area (Å²) in [6, 6.07) is -0.631. The first kappa shape index (κ1) is 12.4. The molecule has 5 heteroatoms. The Kier molecular flexibility index (Phi) is 5.60. The van der Waals surface area contributed by atoms with Crippen LogP contribution in [-0.4, -0.2) is 50.1 Å². The van der Waals surface area contributed by atoms with Crippen LogP contribution in [0.2, 0.25) is 0 Å². The van der Waals surface area contributed by atoms with E-state index in [2.05, 4.69) is 5.32 Å². The highest BCUT2D eigenvalue weighted by molar-refractivity contribution is 5.73. The maximum Gasteiger partial charge on any atom is 0.323 e. The fourth-order valence-electron chi connectivity index (χ4n) is 1.53. The molecule has 0 spiro atoms. The Morgan fingerprint density at radius 2 is 2.47 bits per heavy atom. The first-order chi connectivity index (χ1) is 7.24. The van der Waals surface area contributed by atoms with Crippen molar-refractivity contribution < 1.29 is 19.4 Å². The van der Waals surface area contributed by atoms with Crippen molar-refractivity contribution in [2.24, 2.45) is 0 Å². The van der Waals surface area contributed by atoms with Crippen LogP contribution >= 0.6 is 0 Å². The van der Waals surface area contributed by atoms with Gasteiger partial charge in [-0.25, -0.2) is 0 Å². The molecule has 0 aromatic carbocycles. The van der Waals surface area contributed by atoms with E-state index in [9.17, 15) is 4.79 Å². The smallest absolute Gasteiger partial charge is 0.323 e. The fourth-order valence-corrected chi connectivity index (χ4v) is 1.53. The van der Waals surface area contributed by atoms with Gasteiger partial charge in [-0.2, -0.15) is 0 Å². The highest BCUT2D eigenvalue weighted by Crippen LogP contribution is 2.12. The van der Waals surface area contributed by atoms with Crippen LogP contribution in [0.5, 0.6) is 0 Å². The topological polar surface area (TPSA) is 67.8 Å². The summed E-state index contributed by atoms with van der Waals surface area (Å²) in [5, 5.41) is 11.4. The lowest BCUT2D eigenvalue weighted by atomic mass is 10.1. The molecule has 1 fully saturated rings. The summed E-state index contributed by atoms with van der Waals surface area (Å²) in [5.41, 5.74) is 0. The lowest BCUT2D eigenvalue weighted by molar-refractivity contribution is -0.141. The quantitative estimate of drug-likeness (QED) is 0.667. The molecule has 2 atom stereocenters. The number of rotatable bonds is 6. The van der Waals surface area contributed by atoms with Crippen LogP contribution in [-0.2, 0) is 14.3 Å². The minimum atomic E-state index is -0.887. The Morgan fingerprint density at radius 3 is 3.00 bits per heavy atom. The van der Waals surface area contributed by atoms with Gasteiger partial charge in [-0.15, -0.1) is 0 Å². The zero-order valence-corrected chi connectivity index (χ0v) is 9.07. The molecule has 88 valence electrons. The van der Waals surface area contributed by atoms with Crippen molar-refractivity contribution >= 4 is 5.97 Å². The van der Waals surface area contributed by atoms with Gasteiger partial charge in [-0.1, -0.05) is 0 Å². The third-order valence-corrected chi connectivity index (χ3v) is 2.51. The summed E-state index contributed by atoms with van der Waals surface area (Å²) < 4.78 is 10.8. The van der Waals surface area contributed by atoms with E-state index in [4.69, 9.17) is 14.6 Å². The summed E-state index contributed by atoms with van der Waals surface area (Å²) in [5.74, 6) is -0.887. The molecule has 0 saturated carbocycles. The minimum absolute atomic E-state index is 0.144. The van der Waals surface area contributed by atoms with Gasteiger partial charge in [0, 0.05) is 6.61 Å². The highest BCUT2D eigenvalue weighted by atomic mass is 16.5. The maximum atomic E-state index is 10.6. The summed E-state index contributed by atoms with van der Waals surface area (Å²) >= 11 is 0.